The summed E-state index contributed by atoms with van der Waals surface area (Å²) < 4.78 is 0. The van der Waals surface area contributed by atoms with E-state index in [-0.39, 0.29) is 5.54 Å². The highest BCUT2D eigenvalue weighted by molar-refractivity contribution is 5.14. The molecule has 3 atom stereocenters. The molecule has 2 aliphatic carbocycles. The molecule has 0 unspecified atom stereocenters. The van der Waals surface area contributed by atoms with Gasteiger partial charge in [0.15, 0.2) is 0 Å². The molecular formula is C11H21N. The number of fused-ring (bicyclic) bond motifs is 2. The topological polar surface area (TPSA) is 26.0 Å². The average Bonchev–Trinajstić information content (AvgIpc) is 2.55. The summed E-state index contributed by atoms with van der Waals surface area (Å²) in [6, 6.07) is 0. The maximum Gasteiger partial charge on any atom is 0.0234 e. The molecule has 0 radical (unpaired) electrons. The van der Waals surface area contributed by atoms with Gasteiger partial charge in [-0.1, -0.05) is 20.8 Å². The maximum absolute atomic E-state index is 6.52. The summed E-state index contributed by atoms with van der Waals surface area (Å²) in [5, 5.41) is 0. The SMILES string of the molecule is CC[C@@]1(N)[C@H]2CC[C@H](C2)C1(C)C. The summed E-state index contributed by atoms with van der Waals surface area (Å²) in [5.74, 6) is 1.73. The maximum atomic E-state index is 6.52. The van der Waals surface area contributed by atoms with Crippen LogP contribution in [0.15, 0.2) is 0 Å². The molecule has 0 saturated heterocycles. The highest BCUT2D eigenvalue weighted by Gasteiger charge is 2.59. The second-order valence-electron chi connectivity index (χ2n) is 5.32. The van der Waals surface area contributed by atoms with E-state index in [1.165, 1.54) is 19.3 Å². The summed E-state index contributed by atoms with van der Waals surface area (Å²) in [6.07, 6.45) is 5.37. The van der Waals surface area contributed by atoms with Gasteiger partial charge in [0, 0.05) is 5.54 Å². The zero-order valence-corrected chi connectivity index (χ0v) is 8.56. The Bertz CT molecular complexity index is 197. The van der Waals surface area contributed by atoms with Crippen LogP contribution in [-0.4, -0.2) is 5.54 Å². The van der Waals surface area contributed by atoms with Crippen molar-refractivity contribution in [2.45, 2.75) is 52.0 Å². The van der Waals surface area contributed by atoms with Crippen molar-refractivity contribution in [3.63, 3.8) is 0 Å². The van der Waals surface area contributed by atoms with Crippen LogP contribution in [0.1, 0.15) is 46.5 Å². The van der Waals surface area contributed by atoms with E-state index in [4.69, 9.17) is 5.73 Å². The van der Waals surface area contributed by atoms with E-state index in [2.05, 4.69) is 20.8 Å². The minimum absolute atomic E-state index is 0.149. The summed E-state index contributed by atoms with van der Waals surface area (Å²) in [7, 11) is 0. The van der Waals surface area contributed by atoms with Crippen LogP contribution in [0.25, 0.3) is 0 Å². The lowest BCUT2D eigenvalue weighted by atomic mass is 9.62. The third-order valence-corrected chi connectivity index (χ3v) is 4.97. The average molecular weight is 167 g/mol. The summed E-state index contributed by atoms with van der Waals surface area (Å²) in [6.45, 7) is 7.00. The fraction of sp³-hybridized carbons (Fsp3) is 1.00. The van der Waals surface area contributed by atoms with Gasteiger partial charge in [-0.3, -0.25) is 0 Å². The highest BCUT2D eigenvalue weighted by Crippen LogP contribution is 2.61. The molecular weight excluding hydrogens is 146 g/mol. The summed E-state index contributed by atoms with van der Waals surface area (Å²) >= 11 is 0. The minimum Gasteiger partial charge on any atom is -0.324 e. The van der Waals surface area contributed by atoms with Crippen molar-refractivity contribution in [2.75, 3.05) is 0 Å². The van der Waals surface area contributed by atoms with Gasteiger partial charge >= 0.3 is 0 Å². The normalized spacial score (nSPS) is 50.0. The van der Waals surface area contributed by atoms with Gasteiger partial charge in [-0.15, -0.1) is 0 Å². The first-order valence-corrected chi connectivity index (χ1v) is 5.31. The smallest absolute Gasteiger partial charge is 0.0234 e. The molecule has 0 amide bonds. The molecule has 2 rings (SSSR count). The predicted octanol–water partition coefficient (Wildman–Crippen LogP) is 2.55. The Morgan fingerprint density at radius 3 is 2.17 bits per heavy atom. The molecule has 70 valence electrons. The van der Waals surface area contributed by atoms with Gasteiger partial charge in [0.25, 0.3) is 0 Å². The van der Waals surface area contributed by atoms with Crippen molar-refractivity contribution in [3.8, 4) is 0 Å². The van der Waals surface area contributed by atoms with E-state index >= 15 is 0 Å². The Morgan fingerprint density at radius 2 is 1.83 bits per heavy atom. The first kappa shape index (κ1) is 8.55. The summed E-state index contributed by atoms with van der Waals surface area (Å²) in [4.78, 5) is 0. The molecule has 2 N–H and O–H groups in total. The largest absolute Gasteiger partial charge is 0.324 e. The first-order valence-electron chi connectivity index (χ1n) is 5.31. The van der Waals surface area contributed by atoms with Crippen molar-refractivity contribution in [3.05, 3.63) is 0 Å². The molecule has 1 nitrogen and oxygen atoms in total. The molecule has 2 fully saturated rings. The number of hydrogen-bond donors (Lipinski definition) is 1. The Kier molecular flexibility index (Phi) is 1.61. The number of nitrogens with two attached hydrogens (primary N) is 1. The highest BCUT2D eigenvalue weighted by atomic mass is 14.9. The molecule has 0 aromatic carbocycles. The van der Waals surface area contributed by atoms with Crippen LogP contribution in [0, 0.1) is 17.3 Å². The Labute approximate surface area is 75.7 Å². The zero-order chi connectivity index (χ0) is 8.98. The second kappa shape index (κ2) is 2.25. The van der Waals surface area contributed by atoms with Crippen molar-refractivity contribution in [2.24, 2.45) is 23.0 Å². The van der Waals surface area contributed by atoms with Crippen molar-refractivity contribution in [1.82, 2.24) is 0 Å². The standard InChI is InChI=1S/C11H21N/c1-4-11(12)9-6-5-8(7-9)10(11,2)3/h8-9H,4-7,12H2,1-3H3/t8-,9+,11-/m1/s1. The Hall–Kier alpha value is -0.0400. The lowest BCUT2D eigenvalue weighted by Crippen LogP contribution is -2.56. The van der Waals surface area contributed by atoms with Gasteiger partial charge in [-0.05, 0) is 42.9 Å². The monoisotopic (exact) mass is 167 g/mol. The number of hydrogen-bond acceptors (Lipinski definition) is 1. The quantitative estimate of drug-likeness (QED) is 0.638. The third kappa shape index (κ3) is 0.736. The van der Waals surface area contributed by atoms with Crippen LogP contribution in [0.5, 0.6) is 0 Å². The van der Waals surface area contributed by atoms with Crippen LogP contribution in [-0.2, 0) is 0 Å². The molecule has 0 aromatic rings. The Balaban J connectivity index is 2.34. The van der Waals surface area contributed by atoms with E-state index in [0.29, 0.717) is 5.41 Å². The third-order valence-electron chi connectivity index (χ3n) is 4.97. The van der Waals surface area contributed by atoms with Crippen molar-refractivity contribution >= 4 is 0 Å². The molecule has 0 heterocycles. The van der Waals surface area contributed by atoms with Gasteiger partial charge in [0.2, 0.25) is 0 Å². The lowest BCUT2D eigenvalue weighted by molar-refractivity contribution is 0.0822. The van der Waals surface area contributed by atoms with E-state index in [0.717, 1.165) is 18.3 Å². The molecule has 2 bridgehead atoms. The zero-order valence-electron chi connectivity index (χ0n) is 8.56. The minimum atomic E-state index is 0.149. The van der Waals surface area contributed by atoms with Crippen LogP contribution < -0.4 is 5.73 Å². The van der Waals surface area contributed by atoms with E-state index < -0.39 is 0 Å². The van der Waals surface area contributed by atoms with Crippen molar-refractivity contribution < 1.29 is 0 Å². The Morgan fingerprint density at radius 1 is 1.25 bits per heavy atom. The number of rotatable bonds is 1. The molecule has 0 spiro atoms. The lowest BCUT2D eigenvalue weighted by Gasteiger charge is -2.47. The molecule has 2 saturated carbocycles. The van der Waals surface area contributed by atoms with Gasteiger partial charge in [-0.2, -0.15) is 0 Å². The first-order chi connectivity index (χ1) is 5.52. The van der Waals surface area contributed by atoms with E-state index in [1.807, 2.05) is 0 Å². The van der Waals surface area contributed by atoms with Gasteiger partial charge in [0.1, 0.15) is 0 Å². The van der Waals surface area contributed by atoms with Crippen LogP contribution in [0.3, 0.4) is 0 Å². The van der Waals surface area contributed by atoms with Crippen LogP contribution >= 0.6 is 0 Å². The molecule has 0 aliphatic heterocycles. The molecule has 2 aliphatic rings. The second-order valence-corrected chi connectivity index (χ2v) is 5.32. The van der Waals surface area contributed by atoms with E-state index in [1.54, 1.807) is 0 Å². The predicted molar refractivity (Wildman–Crippen MR) is 51.8 cm³/mol. The fourth-order valence-corrected chi connectivity index (χ4v) is 3.76. The van der Waals surface area contributed by atoms with Gasteiger partial charge in [-0.25, -0.2) is 0 Å². The molecule has 12 heavy (non-hydrogen) atoms. The molecule has 0 aromatic heterocycles. The molecule has 1 heteroatoms. The van der Waals surface area contributed by atoms with Crippen molar-refractivity contribution in [1.29, 1.82) is 0 Å². The van der Waals surface area contributed by atoms with Gasteiger partial charge in [0.05, 0.1) is 0 Å². The van der Waals surface area contributed by atoms with Gasteiger partial charge < -0.3 is 5.73 Å². The van der Waals surface area contributed by atoms with Crippen LogP contribution in [0.4, 0.5) is 0 Å². The van der Waals surface area contributed by atoms with Crippen LogP contribution in [0.2, 0.25) is 0 Å². The fourth-order valence-electron chi connectivity index (χ4n) is 3.76. The summed E-state index contributed by atoms with van der Waals surface area (Å²) in [5.41, 5.74) is 7.06. The van der Waals surface area contributed by atoms with E-state index in [9.17, 15) is 0 Å².